The van der Waals surface area contributed by atoms with Crippen LogP contribution in [0.5, 0.6) is 0 Å². The third kappa shape index (κ3) is 4.77. The van der Waals surface area contributed by atoms with Crippen LogP contribution in [0.1, 0.15) is 6.42 Å². The van der Waals surface area contributed by atoms with E-state index in [0.29, 0.717) is 0 Å². The summed E-state index contributed by atoms with van der Waals surface area (Å²) in [6.07, 6.45) is 1.16. The average molecular weight is 296 g/mol. The first-order chi connectivity index (χ1) is 8.29. The molecule has 0 saturated carbocycles. The van der Waals surface area contributed by atoms with Crippen molar-refractivity contribution in [2.45, 2.75) is 6.42 Å². The Labute approximate surface area is 108 Å². The summed E-state index contributed by atoms with van der Waals surface area (Å²) in [5, 5.41) is 17.9. The molecule has 1 aromatic rings. The molecule has 0 aliphatic heterocycles. The largest absolute Gasteiger partial charge is 0.364 e. The summed E-state index contributed by atoms with van der Waals surface area (Å²) < 4.78 is 21.3. The third-order valence-electron chi connectivity index (χ3n) is 1.83. The lowest BCUT2D eigenvalue weighted by molar-refractivity contribution is -0.384. The van der Waals surface area contributed by atoms with Crippen LogP contribution in [-0.2, 0) is 10.0 Å². The number of sulfonamides is 1. The molecule has 0 bridgehead atoms. The molecule has 0 atom stereocenters. The van der Waals surface area contributed by atoms with Crippen LogP contribution in [0.2, 0.25) is 5.28 Å². The van der Waals surface area contributed by atoms with Gasteiger partial charge in [0, 0.05) is 6.54 Å². The van der Waals surface area contributed by atoms with Crippen molar-refractivity contribution in [1.29, 1.82) is 0 Å². The number of halogens is 1. The Morgan fingerprint density at radius 1 is 1.56 bits per heavy atom. The Morgan fingerprint density at radius 3 is 2.78 bits per heavy atom. The molecule has 9 nitrogen and oxygen atoms in total. The molecular formula is C7H10ClN5O4S. The van der Waals surface area contributed by atoms with Gasteiger partial charge in [-0.2, -0.15) is 4.98 Å². The number of rotatable bonds is 6. The van der Waals surface area contributed by atoms with E-state index >= 15 is 0 Å². The van der Waals surface area contributed by atoms with Crippen molar-refractivity contribution in [3.63, 3.8) is 0 Å². The number of anilines is 1. The molecule has 0 spiro atoms. The van der Waals surface area contributed by atoms with Gasteiger partial charge in [0.2, 0.25) is 21.1 Å². The number of nitrogens with two attached hydrogens (primary N) is 1. The highest BCUT2D eigenvalue weighted by Gasteiger charge is 2.16. The first kappa shape index (κ1) is 14.5. The first-order valence-corrected chi connectivity index (χ1v) is 6.80. The van der Waals surface area contributed by atoms with Gasteiger partial charge < -0.3 is 5.32 Å². The van der Waals surface area contributed by atoms with Crippen LogP contribution in [-0.4, -0.2) is 35.6 Å². The number of nitrogens with zero attached hydrogens (tertiary/aromatic N) is 3. The molecule has 0 saturated heterocycles. The van der Waals surface area contributed by atoms with Crippen molar-refractivity contribution in [1.82, 2.24) is 9.97 Å². The molecule has 0 radical (unpaired) electrons. The van der Waals surface area contributed by atoms with Crippen molar-refractivity contribution < 1.29 is 13.3 Å². The van der Waals surface area contributed by atoms with Crippen molar-refractivity contribution in [3.05, 3.63) is 21.6 Å². The fourth-order valence-electron chi connectivity index (χ4n) is 1.10. The predicted octanol–water partition coefficient (Wildman–Crippen LogP) is 0.129. The minimum atomic E-state index is -3.55. The standard InChI is InChI=1S/C7H10ClN5O4S/c8-7-11-4-5(13(14)15)6(12-7)10-2-1-3-18(9,16)17/h4H,1-3H2,(H2,9,16,17)(H,10,11,12). The van der Waals surface area contributed by atoms with E-state index < -0.39 is 14.9 Å². The smallest absolute Gasteiger partial charge is 0.329 e. The topological polar surface area (TPSA) is 141 Å². The van der Waals surface area contributed by atoms with Gasteiger partial charge in [-0.15, -0.1) is 0 Å². The van der Waals surface area contributed by atoms with Crippen LogP contribution in [0.3, 0.4) is 0 Å². The van der Waals surface area contributed by atoms with Gasteiger partial charge in [0.25, 0.3) is 0 Å². The SMILES string of the molecule is NS(=O)(=O)CCCNc1nc(Cl)ncc1[N+](=O)[O-]. The minimum absolute atomic E-state index is 0.0607. The normalized spacial score (nSPS) is 11.2. The van der Waals surface area contributed by atoms with E-state index in [2.05, 4.69) is 15.3 Å². The summed E-state index contributed by atoms with van der Waals surface area (Å²) in [5.41, 5.74) is -0.338. The highest BCUT2D eigenvalue weighted by Crippen LogP contribution is 2.21. The van der Waals surface area contributed by atoms with Gasteiger partial charge in [0.15, 0.2) is 0 Å². The molecule has 0 aromatic carbocycles. The maximum atomic E-state index is 10.7. The molecule has 18 heavy (non-hydrogen) atoms. The summed E-state index contributed by atoms with van der Waals surface area (Å²) in [6.45, 7) is 0.157. The molecule has 1 heterocycles. The number of aromatic nitrogens is 2. The van der Waals surface area contributed by atoms with Crippen LogP contribution in [0.15, 0.2) is 6.20 Å². The summed E-state index contributed by atoms with van der Waals surface area (Å²) in [4.78, 5) is 17.1. The number of nitrogens with one attached hydrogen (secondary N) is 1. The molecule has 0 fully saturated rings. The molecule has 3 N–H and O–H groups in total. The van der Waals surface area contributed by atoms with E-state index in [9.17, 15) is 18.5 Å². The van der Waals surface area contributed by atoms with Gasteiger partial charge in [0.05, 0.1) is 10.7 Å². The highest BCUT2D eigenvalue weighted by atomic mass is 35.5. The van der Waals surface area contributed by atoms with E-state index in [0.717, 1.165) is 6.20 Å². The second-order valence-corrected chi connectivity index (χ2v) is 5.35. The maximum Gasteiger partial charge on any atom is 0.329 e. The molecule has 1 aromatic heterocycles. The van der Waals surface area contributed by atoms with Crippen LogP contribution in [0.4, 0.5) is 11.5 Å². The van der Waals surface area contributed by atoms with E-state index in [1.165, 1.54) is 0 Å². The molecule has 100 valence electrons. The fourth-order valence-corrected chi connectivity index (χ4v) is 1.78. The lowest BCUT2D eigenvalue weighted by Gasteiger charge is -2.05. The average Bonchev–Trinajstić information content (AvgIpc) is 2.22. The van der Waals surface area contributed by atoms with E-state index in [1.807, 2.05) is 0 Å². The van der Waals surface area contributed by atoms with E-state index in [-0.39, 0.29) is 35.5 Å². The van der Waals surface area contributed by atoms with E-state index in [4.69, 9.17) is 16.7 Å². The summed E-state index contributed by atoms with van der Waals surface area (Å²) in [7, 11) is -3.55. The van der Waals surface area contributed by atoms with Gasteiger partial charge in [-0.1, -0.05) is 0 Å². The minimum Gasteiger partial charge on any atom is -0.364 e. The lowest BCUT2D eigenvalue weighted by Crippen LogP contribution is -2.19. The Morgan fingerprint density at radius 2 is 2.22 bits per heavy atom. The summed E-state index contributed by atoms with van der Waals surface area (Å²) in [5.74, 6) is -0.290. The zero-order chi connectivity index (χ0) is 13.8. The zero-order valence-corrected chi connectivity index (χ0v) is 10.6. The second-order valence-electron chi connectivity index (χ2n) is 3.28. The molecule has 1 rings (SSSR count). The second kappa shape index (κ2) is 5.89. The van der Waals surface area contributed by atoms with Crippen LogP contribution >= 0.6 is 11.6 Å². The Kier molecular flexibility index (Phi) is 4.76. The van der Waals surface area contributed by atoms with Gasteiger partial charge in [-0.3, -0.25) is 10.1 Å². The fraction of sp³-hybridized carbons (Fsp3) is 0.429. The van der Waals surface area contributed by atoms with Crippen molar-refractivity contribution >= 4 is 33.1 Å². The monoisotopic (exact) mass is 295 g/mol. The number of primary sulfonamides is 1. The number of hydrogen-bond acceptors (Lipinski definition) is 7. The molecule has 0 amide bonds. The lowest BCUT2D eigenvalue weighted by atomic mass is 10.4. The van der Waals surface area contributed by atoms with Gasteiger partial charge in [0.1, 0.15) is 6.20 Å². The third-order valence-corrected chi connectivity index (χ3v) is 2.87. The quantitative estimate of drug-likeness (QED) is 0.329. The van der Waals surface area contributed by atoms with Crippen LogP contribution in [0.25, 0.3) is 0 Å². The molecular weight excluding hydrogens is 286 g/mol. The molecule has 0 unspecified atom stereocenters. The zero-order valence-electron chi connectivity index (χ0n) is 9.04. The van der Waals surface area contributed by atoms with Crippen molar-refractivity contribution in [3.8, 4) is 0 Å². The van der Waals surface area contributed by atoms with Crippen LogP contribution < -0.4 is 10.5 Å². The summed E-state index contributed by atoms with van der Waals surface area (Å²) >= 11 is 5.51. The van der Waals surface area contributed by atoms with Crippen molar-refractivity contribution in [2.24, 2.45) is 5.14 Å². The molecule has 11 heteroatoms. The van der Waals surface area contributed by atoms with Gasteiger partial charge >= 0.3 is 5.69 Å². The Balaban J connectivity index is 2.66. The Bertz CT molecular complexity index is 549. The maximum absolute atomic E-state index is 10.7. The predicted molar refractivity (Wildman–Crippen MR) is 64.8 cm³/mol. The number of hydrogen-bond donors (Lipinski definition) is 2. The molecule has 0 aliphatic rings. The first-order valence-electron chi connectivity index (χ1n) is 4.71. The molecule has 0 aliphatic carbocycles. The van der Waals surface area contributed by atoms with Crippen molar-refractivity contribution in [2.75, 3.05) is 17.6 Å². The van der Waals surface area contributed by atoms with E-state index in [1.54, 1.807) is 0 Å². The van der Waals surface area contributed by atoms with Gasteiger partial charge in [-0.05, 0) is 18.0 Å². The van der Waals surface area contributed by atoms with Crippen LogP contribution in [0, 0.1) is 10.1 Å². The van der Waals surface area contributed by atoms with Gasteiger partial charge in [-0.25, -0.2) is 18.5 Å². The Hall–Kier alpha value is -1.52. The number of nitro groups is 1. The summed E-state index contributed by atoms with van der Waals surface area (Å²) in [6, 6.07) is 0. The highest BCUT2D eigenvalue weighted by molar-refractivity contribution is 7.89.